The molecule has 0 radical (unpaired) electrons. The zero-order chi connectivity index (χ0) is 17.6. The molecule has 6 heteroatoms. The summed E-state index contributed by atoms with van der Waals surface area (Å²) in [5.41, 5.74) is 7.99. The molecule has 0 amide bonds. The number of halogens is 1. The molecule has 0 spiro atoms. The van der Waals surface area contributed by atoms with Gasteiger partial charge in [-0.2, -0.15) is 0 Å². The standard InChI is InChI=1S/C19H22FN3O2/c1-24-18(13-6-8-14(20)9-7-13)12-22-19(21)23-16-10-11-25-17-5-3-2-4-15(16)17/h2-9,16,18H,10-12H2,1H3,(H3,21,22,23). The van der Waals surface area contributed by atoms with E-state index >= 15 is 0 Å². The SMILES string of the molecule is COC(CN=C(N)NC1CCOc2ccccc21)c1ccc(F)cc1. The lowest BCUT2D eigenvalue weighted by Gasteiger charge is -2.27. The molecule has 25 heavy (non-hydrogen) atoms. The van der Waals surface area contributed by atoms with Gasteiger partial charge in [0, 0.05) is 19.1 Å². The first kappa shape index (κ1) is 17.2. The second kappa shape index (κ2) is 7.98. The molecule has 2 unspecified atom stereocenters. The zero-order valence-corrected chi connectivity index (χ0v) is 14.1. The van der Waals surface area contributed by atoms with E-state index in [1.807, 2.05) is 24.3 Å². The van der Waals surface area contributed by atoms with E-state index in [0.717, 1.165) is 23.3 Å². The number of methoxy groups -OCH3 is 1. The van der Waals surface area contributed by atoms with Gasteiger partial charge in [0.05, 0.1) is 19.2 Å². The van der Waals surface area contributed by atoms with Crippen molar-refractivity contribution in [3.63, 3.8) is 0 Å². The Morgan fingerprint density at radius 3 is 2.84 bits per heavy atom. The van der Waals surface area contributed by atoms with Gasteiger partial charge in [0.25, 0.3) is 0 Å². The van der Waals surface area contributed by atoms with Crippen LogP contribution in [0.15, 0.2) is 53.5 Å². The second-order valence-electron chi connectivity index (χ2n) is 5.87. The van der Waals surface area contributed by atoms with Gasteiger partial charge in [-0.15, -0.1) is 0 Å². The molecule has 2 aromatic carbocycles. The highest BCUT2D eigenvalue weighted by Crippen LogP contribution is 2.31. The number of hydrogen-bond donors (Lipinski definition) is 2. The van der Waals surface area contributed by atoms with E-state index in [4.69, 9.17) is 15.2 Å². The topological polar surface area (TPSA) is 68.9 Å². The van der Waals surface area contributed by atoms with Crippen molar-refractivity contribution >= 4 is 5.96 Å². The maximum atomic E-state index is 13.0. The molecule has 1 heterocycles. The molecule has 0 aliphatic carbocycles. The Hall–Kier alpha value is -2.60. The van der Waals surface area contributed by atoms with Crippen LogP contribution < -0.4 is 15.8 Å². The van der Waals surface area contributed by atoms with E-state index in [-0.39, 0.29) is 18.0 Å². The van der Waals surface area contributed by atoms with Crippen LogP contribution in [0.5, 0.6) is 5.75 Å². The summed E-state index contributed by atoms with van der Waals surface area (Å²) in [4.78, 5) is 4.38. The number of rotatable bonds is 5. The molecule has 2 atom stereocenters. The number of benzene rings is 2. The number of ether oxygens (including phenoxy) is 2. The van der Waals surface area contributed by atoms with E-state index in [9.17, 15) is 4.39 Å². The molecule has 3 rings (SSSR count). The number of hydrogen-bond acceptors (Lipinski definition) is 3. The third-order valence-corrected chi connectivity index (χ3v) is 4.23. The smallest absolute Gasteiger partial charge is 0.189 e. The fourth-order valence-corrected chi connectivity index (χ4v) is 2.89. The minimum atomic E-state index is -0.276. The first-order valence-corrected chi connectivity index (χ1v) is 8.24. The Bertz CT molecular complexity index is 734. The molecule has 132 valence electrons. The number of nitrogens with zero attached hydrogens (tertiary/aromatic N) is 1. The van der Waals surface area contributed by atoms with Crippen molar-refractivity contribution in [3.8, 4) is 5.75 Å². The van der Waals surface area contributed by atoms with Gasteiger partial charge in [-0.1, -0.05) is 30.3 Å². The predicted molar refractivity (Wildman–Crippen MR) is 95.1 cm³/mol. The van der Waals surface area contributed by atoms with Gasteiger partial charge in [0.15, 0.2) is 5.96 Å². The minimum Gasteiger partial charge on any atom is -0.493 e. The lowest BCUT2D eigenvalue weighted by molar-refractivity contribution is 0.111. The first-order valence-electron chi connectivity index (χ1n) is 8.24. The minimum absolute atomic E-state index is 0.0699. The highest BCUT2D eigenvalue weighted by atomic mass is 19.1. The normalized spacial score (nSPS) is 18.2. The van der Waals surface area contributed by atoms with Gasteiger partial charge < -0.3 is 20.5 Å². The molecule has 2 aromatic rings. The van der Waals surface area contributed by atoms with Crippen molar-refractivity contribution in [2.45, 2.75) is 18.6 Å². The fourth-order valence-electron chi connectivity index (χ4n) is 2.89. The van der Waals surface area contributed by atoms with Crippen LogP contribution in [-0.4, -0.2) is 26.2 Å². The van der Waals surface area contributed by atoms with Crippen molar-refractivity contribution in [2.75, 3.05) is 20.3 Å². The highest BCUT2D eigenvalue weighted by Gasteiger charge is 2.21. The number of guanidine groups is 1. The Morgan fingerprint density at radius 2 is 2.08 bits per heavy atom. The molecule has 0 saturated carbocycles. The molecule has 5 nitrogen and oxygen atoms in total. The molecule has 0 bridgehead atoms. The lowest BCUT2D eigenvalue weighted by Crippen LogP contribution is -2.37. The Balaban J connectivity index is 1.65. The van der Waals surface area contributed by atoms with Crippen LogP contribution in [0.2, 0.25) is 0 Å². The van der Waals surface area contributed by atoms with Crippen LogP contribution in [0.25, 0.3) is 0 Å². The monoisotopic (exact) mass is 343 g/mol. The average Bonchev–Trinajstić information content (AvgIpc) is 2.64. The molecule has 0 aromatic heterocycles. The average molecular weight is 343 g/mol. The number of nitrogens with one attached hydrogen (secondary N) is 1. The molecule has 0 saturated heterocycles. The van der Waals surface area contributed by atoms with Crippen LogP contribution in [0.4, 0.5) is 4.39 Å². The van der Waals surface area contributed by atoms with Gasteiger partial charge in [0.2, 0.25) is 0 Å². The summed E-state index contributed by atoms with van der Waals surface area (Å²) >= 11 is 0. The third kappa shape index (κ3) is 4.28. The second-order valence-corrected chi connectivity index (χ2v) is 5.87. The predicted octanol–water partition coefficient (Wildman–Crippen LogP) is 2.94. The summed E-state index contributed by atoms with van der Waals surface area (Å²) in [6, 6.07) is 14.2. The van der Waals surface area contributed by atoms with E-state index in [2.05, 4.69) is 10.3 Å². The molecular weight excluding hydrogens is 321 g/mol. The first-order chi connectivity index (χ1) is 12.2. The Labute approximate surface area is 146 Å². The van der Waals surface area contributed by atoms with Gasteiger partial charge in [-0.3, -0.25) is 4.99 Å². The van der Waals surface area contributed by atoms with Gasteiger partial charge in [0.1, 0.15) is 17.7 Å². The summed E-state index contributed by atoms with van der Waals surface area (Å²) < 4.78 is 24.1. The zero-order valence-electron chi connectivity index (χ0n) is 14.1. The third-order valence-electron chi connectivity index (χ3n) is 4.23. The van der Waals surface area contributed by atoms with Crippen LogP contribution in [0.1, 0.15) is 29.7 Å². The summed E-state index contributed by atoms with van der Waals surface area (Å²) in [5.74, 6) is 0.951. The van der Waals surface area contributed by atoms with E-state index < -0.39 is 0 Å². The Kier molecular flexibility index (Phi) is 5.50. The summed E-state index contributed by atoms with van der Waals surface area (Å²) in [6.45, 7) is 0.990. The molecule has 1 aliphatic heterocycles. The summed E-state index contributed by atoms with van der Waals surface area (Å²) in [5, 5.41) is 3.25. The quantitative estimate of drug-likeness (QED) is 0.647. The van der Waals surface area contributed by atoms with Gasteiger partial charge in [-0.05, 0) is 23.8 Å². The maximum absolute atomic E-state index is 13.0. The lowest BCUT2D eigenvalue weighted by atomic mass is 10.0. The van der Waals surface area contributed by atoms with Crippen LogP contribution in [0, 0.1) is 5.82 Å². The van der Waals surface area contributed by atoms with Crippen LogP contribution in [0.3, 0.4) is 0 Å². The Morgan fingerprint density at radius 1 is 1.32 bits per heavy atom. The largest absolute Gasteiger partial charge is 0.493 e. The maximum Gasteiger partial charge on any atom is 0.189 e. The molecule has 3 N–H and O–H groups in total. The van der Waals surface area contributed by atoms with Crippen LogP contribution in [-0.2, 0) is 4.74 Å². The van der Waals surface area contributed by atoms with Crippen LogP contribution >= 0.6 is 0 Å². The van der Waals surface area contributed by atoms with Crippen molar-refractivity contribution in [3.05, 3.63) is 65.5 Å². The number of fused-ring (bicyclic) bond motifs is 1. The molecular formula is C19H22FN3O2. The number of para-hydroxylation sites is 1. The van der Waals surface area contributed by atoms with Gasteiger partial charge >= 0.3 is 0 Å². The van der Waals surface area contributed by atoms with E-state index in [0.29, 0.717) is 19.1 Å². The van der Waals surface area contributed by atoms with Crippen molar-refractivity contribution in [1.29, 1.82) is 0 Å². The molecule has 0 fully saturated rings. The van der Waals surface area contributed by atoms with Crippen molar-refractivity contribution in [1.82, 2.24) is 5.32 Å². The van der Waals surface area contributed by atoms with E-state index in [1.54, 1.807) is 19.2 Å². The number of nitrogens with two attached hydrogens (primary N) is 1. The van der Waals surface area contributed by atoms with E-state index in [1.165, 1.54) is 12.1 Å². The molecule has 1 aliphatic rings. The highest BCUT2D eigenvalue weighted by molar-refractivity contribution is 5.78. The summed E-state index contributed by atoms with van der Waals surface area (Å²) in [7, 11) is 1.60. The van der Waals surface area contributed by atoms with Crippen molar-refractivity contribution < 1.29 is 13.9 Å². The fraction of sp³-hybridized carbons (Fsp3) is 0.316. The number of aliphatic imine (C=N–C) groups is 1. The summed E-state index contributed by atoms with van der Waals surface area (Å²) in [6.07, 6.45) is 0.543. The van der Waals surface area contributed by atoms with Crippen molar-refractivity contribution in [2.24, 2.45) is 10.7 Å². The van der Waals surface area contributed by atoms with Gasteiger partial charge in [-0.25, -0.2) is 4.39 Å².